The number of hydrogen-bond donors (Lipinski definition) is 1. The molecule has 0 unspecified atom stereocenters. The highest BCUT2D eigenvalue weighted by atomic mass is 32.2. The minimum absolute atomic E-state index is 0.320. The zero-order valence-corrected chi connectivity index (χ0v) is 16.2. The predicted octanol–water partition coefficient (Wildman–Crippen LogP) is 3.13. The Balaban J connectivity index is 1.95. The quantitative estimate of drug-likeness (QED) is 0.558. The van der Waals surface area contributed by atoms with Crippen molar-refractivity contribution in [3.8, 4) is 0 Å². The van der Waals surface area contributed by atoms with Gasteiger partial charge in [0.25, 0.3) is 5.91 Å². The second kappa shape index (κ2) is 8.84. The van der Waals surface area contributed by atoms with E-state index in [0.717, 1.165) is 17.9 Å². The summed E-state index contributed by atoms with van der Waals surface area (Å²) in [7, 11) is 0. The number of nitrogens with one attached hydrogen (secondary N) is 1. The van der Waals surface area contributed by atoms with E-state index in [1.807, 2.05) is 33.8 Å². The molecule has 0 aromatic carbocycles. The molecule has 2 aromatic rings. The first kappa shape index (κ1) is 20.0. The summed E-state index contributed by atoms with van der Waals surface area (Å²) in [5.41, 5.74) is 0.744. The molecule has 0 saturated heterocycles. The number of rotatable bonds is 8. The number of carbonyl (C=O) groups is 2. The van der Waals surface area contributed by atoms with Crippen molar-refractivity contribution in [1.29, 1.82) is 0 Å². The highest BCUT2D eigenvalue weighted by Crippen LogP contribution is 2.24. The number of pyridine rings is 1. The largest absolute Gasteiger partial charge is 0.452 e. The highest BCUT2D eigenvalue weighted by molar-refractivity contribution is 7.98. The summed E-state index contributed by atoms with van der Waals surface area (Å²) < 4.78 is 10.2. The number of esters is 1. The van der Waals surface area contributed by atoms with Gasteiger partial charge in [-0.15, -0.1) is 0 Å². The third-order valence-corrected chi connectivity index (χ3v) is 4.76. The first-order valence-corrected chi connectivity index (χ1v) is 9.27. The summed E-state index contributed by atoms with van der Waals surface area (Å²) in [6.07, 6.45) is 2.38. The third-order valence-electron chi connectivity index (χ3n) is 3.72. The Morgan fingerprint density at radius 1 is 1.38 bits per heavy atom. The van der Waals surface area contributed by atoms with Crippen LogP contribution < -0.4 is 5.32 Å². The lowest BCUT2D eigenvalue weighted by atomic mass is 10.0. The number of hydrogen-bond acceptors (Lipinski definition) is 7. The molecule has 0 aliphatic rings. The molecule has 1 amide bonds. The number of aromatic nitrogens is 2. The molecule has 0 aliphatic carbocycles. The molecule has 0 radical (unpaired) electrons. The second-order valence-corrected chi connectivity index (χ2v) is 7.40. The highest BCUT2D eigenvalue weighted by Gasteiger charge is 2.20. The van der Waals surface area contributed by atoms with E-state index >= 15 is 0 Å². The molecular weight excluding hydrogens is 354 g/mol. The van der Waals surface area contributed by atoms with Crippen LogP contribution in [0, 0.1) is 6.92 Å². The van der Waals surface area contributed by atoms with E-state index in [-0.39, 0.29) is 18.1 Å². The van der Waals surface area contributed by atoms with Gasteiger partial charge in [0.2, 0.25) is 0 Å². The average Bonchev–Trinajstić information content (AvgIpc) is 3.03. The van der Waals surface area contributed by atoms with Crippen molar-refractivity contribution in [2.75, 3.05) is 6.61 Å². The first-order valence-electron chi connectivity index (χ1n) is 8.29. The van der Waals surface area contributed by atoms with Crippen LogP contribution in [0.4, 0.5) is 0 Å². The Bertz CT molecular complexity index is 773. The average molecular weight is 377 g/mol. The minimum Gasteiger partial charge on any atom is -0.452 e. The van der Waals surface area contributed by atoms with Gasteiger partial charge < -0.3 is 14.6 Å². The standard InChI is InChI=1S/C18H23N3O4S/c1-5-18(3,4)20-15(22)10-24-17(23)14-7-6-8-19-16(14)26-11-13-9-12(2)25-21-13/h6-9H,5,10-11H2,1-4H3,(H,20,22). The molecule has 0 atom stereocenters. The molecule has 0 aliphatic heterocycles. The fourth-order valence-corrected chi connectivity index (χ4v) is 2.86. The summed E-state index contributed by atoms with van der Waals surface area (Å²) in [6, 6.07) is 5.11. The van der Waals surface area contributed by atoms with Gasteiger partial charge in [-0.2, -0.15) is 0 Å². The van der Waals surface area contributed by atoms with Crippen molar-refractivity contribution >= 4 is 23.6 Å². The summed E-state index contributed by atoms with van der Waals surface area (Å²) in [5.74, 6) is 0.324. The molecule has 2 rings (SSSR count). The fourth-order valence-electron chi connectivity index (χ4n) is 2.00. The minimum atomic E-state index is -0.582. The van der Waals surface area contributed by atoms with Crippen LogP contribution in [-0.2, 0) is 15.3 Å². The SMILES string of the molecule is CCC(C)(C)NC(=O)COC(=O)c1cccnc1SCc1cc(C)on1. The van der Waals surface area contributed by atoms with E-state index in [4.69, 9.17) is 9.26 Å². The summed E-state index contributed by atoms with van der Waals surface area (Å²) in [4.78, 5) is 28.5. The molecule has 0 spiro atoms. The number of ether oxygens (including phenoxy) is 1. The molecule has 1 N–H and O–H groups in total. The van der Waals surface area contributed by atoms with Crippen molar-refractivity contribution < 1.29 is 18.8 Å². The fraction of sp³-hybridized carbons (Fsp3) is 0.444. The summed E-state index contributed by atoms with van der Waals surface area (Å²) in [5, 5.41) is 7.26. The molecule has 26 heavy (non-hydrogen) atoms. The Kier molecular flexibility index (Phi) is 6.79. The lowest BCUT2D eigenvalue weighted by Gasteiger charge is -2.24. The Morgan fingerprint density at radius 3 is 2.81 bits per heavy atom. The van der Waals surface area contributed by atoms with Crippen LogP contribution in [0.15, 0.2) is 33.9 Å². The van der Waals surface area contributed by atoms with Gasteiger partial charge in [-0.05, 0) is 39.3 Å². The van der Waals surface area contributed by atoms with Gasteiger partial charge in [0.15, 0.2) is 6.61 Å². The second-order valence-electron chi connectivity index (χ2n) is 6.44. The van der Waals surface area contributed by atoms with Crippen molar-refractivity contribution in [1.82, 2.24) is 15.5 Å². The zero-order valence-electron chi connectivity index (χ0n) is 15.4. The maximum atomic E-state index is 12.3. The van der Waals surface area contributed by atoms with Gasteiger partial charge in [0.05, 0.1) is 11.3 Å². The van der Waals surface area contributed by atoms with Gasteiger partial charge in [0, 0.05) is 23.6 Å². The van der Waals surface area contributed by atoms with E-state index in [2.05, 4.69) is 15.5 Å². The third kappa shape index (κ3) is 5.87. The van der Waals surface area contributed by atoms with Gasteiger partial charge in [-0.1, -0.05) is 23.8 Å². The van der Waals surface area contributed by atoms with Crippen molar-refractivity contribution in [2.24, 2.45) is 0 Å². The topological polar surface area (TPSA) is 94.3 Å². The van der Waals surface area contributed by atoms with Crippen LogP contribution in [0.2, 0.25) is 0 Å². The molecular formula is C18H23N3O4S. The van der Waals surface area contributed by atoms with Gasteiger partial charge in [-0.25, -0.2) is 9.78 Å². The van der Waals surface area contributed by atoms with E-state index in [0.29, 0.717) is 16.3 Å². The van der Waals surface area contributed by atoms with E-state index in [1.165, 1.54) is 11.8 Å². The van der Waals surface area contributed by atoms with Crippen LogP contribution in [0.5, 0.6) is 0 Å². The Morgan fingerprint density at radius 2 is 2.15 bits per heavy atom. The van der Waals surface area contributed by atoms with Crippen molar-refractivity contribution in [2.45, 2.75) is 50.4 Å². The number of aryl methyl sites for hydroxylation is 1. The molecule has 140 valence electrons. The van der Waals surface area contributed by atoms with E-state index < -0.39 is 5.97 Å². The zero-order chi connectivity index (χ0) is 19.2. The van der Waals surface area contributed by atoms with Crippen LogP contribution in [0.3, 0.4) is 0 Å². The molecule has 2 heterocycles. The number of thioether (sulfide) groups is 1. The van der Waals surface area contributed by atoms with Crippen molar-refractivity contribution in [3.05, 3.63) is 41.4 Å². The van der Waals surface area contributed by atoms with Gasteiger partial charge >= 0.3 is 5.97 Å². The molecule has 2 aromatic heterocycles. The summed E-state index contributed by atoms with van der Waals surface area (Å²) in [6.45, 7) is 7.28. The van der Waals surface area contributed by atoms with Gasteiger partial charge in [0.1, 0.15) is 10.8 Å². The normalized spacial score (nSPS) is 11.2. The monoisotopic (exact) mass is 377 g/mol. The molecule has 0 fully saturated rings. The van der Waals surface area contributed by atoms with E-state index in [1.54, 1.807) is 18.3 Å². The van der Waals surface area contributed by atoms with E-state index in [9.17, 15) is 9.59 Å². The van der Waals surface area contributed by atoms with Crippen LogP contribution in [0.1, 0.15) is 49.0 Å². The maximum Gasteiger partial charge on any atom is 0.341 e. The maximum absolute atomic E-state index is 12.3. The molecule has 8 heteroatoms. The molecule has 0 bridgehead atoms. The first-order chi connectivity index (χ1) is 12.3. The number of amides is 1. The lowest BCUT2D eigenvalue weighted by Crippen LogP contribution is -2.44. The van der Waals surface area contributed by atoms with Crippen LogP contribution >= 0.6 is 11.8 Å². The van der Waals surface area contributed by atoms with Crippen LogP contribution in [0.25, 0.3) is 0 Å². The summed E-state index contributed by atoms with van der Waals surface area (Å²) >= 11 is 1.35. The number of nitrogens with zero attached hydrogens (tertiary/aromatic N) is 2. The van der Waals surface area contributed by atoms with Gasteiger partial charge in [-0.3, -0.25) is 4.79 Å². The molecule has 0 saturated carbocycles. The lowest BCUT2D eigenvalue weighted by molar-refractivity contribution is -0.125. The predicted molar refractivity (Wildman–Crippen MR) is 97.8 cm³/mol. The Labute approximate surface area is 156 Å². The molecule has 7 nitrogen and oxygen atoms in total. The van der Waals surface area contributed by atoms with Crippen LogP contribution in [-0.4, -0.2) is 34.2 Å². The Hall–Kier alpha value is -2.35. The van der Waals surface area contributed by atoms with Crippen molar-refractivity contribution in [3.63, 3.8) is 0 Å². The number of carbonyl (C=O) groups excluding carboxylic acids is 2. The smallest absolute Gasteiger partial charge is 0.341 e.